The molecule has 60 valence electrons. The standard InChI is InChI=1S/C8H9BrO2/c9-5-1-3-4-2-6(5)11-8(10)7(3)4/h3-7H,1-2H2. The SMILES string of the molecule is O=C1OC2CC3C(CC2Br)C13. The molecule has 3 fully saturated rings. The van der Waals surface area contributed by atoms with Crippen LogP contribution in [0.3, 0.4) is 0 Å². The summed E-state index contributed by atoms with van der Waals surface area (Å²) in [6.45, 7) is 0. The molecule has 0 aromatic rings. The van der Waals surface area contributed by atoms with E-state index in [-0.39, 0.29) is 18.0 Å². The van der Waals surface area contributed by atoms with Gasteiger partial charge < -0.3 is 4.74 Å². The van der Waals surface area contributed by atoms with Gasteiger partial charge in [-0.15, -0.1) is 0 Å². The summed E-state index contributed by atoms with van der Waals surface area (Å²) in [5.74, 6) is 1.70. The van der Waals surface area contributed by atoms with Crippen LogP contribution in [0.2, 0.25) is 0 Å². The van der Waals surface area contributed by atoms with E-state index in [1.165, 1.54) is 0 Å². The van der Waals surface area contributed by atoms with Gasteiger partial charge in [-0.25, -0.2) is 0 Å². The third-order valence-corrected chi connectivity index (χ3v) is 4.24. The third-order valence-electron chi connectivity index (χ3n) is 3.28. The van der Waals surface area contributed by atoms with Crippen molar-refractivity contribution in [3.63, 3.8) is 0 Å². The van der Waals surface area contributed by atoms with E-state index in [4.69, 9.17) is 4.74 Å². The summed E-state index contributed by atoms with van der Waals surface area (Å²) in [7, 11) is 0. The number of carbonyl (C=O) groups is 1. The van der Waals surface area contributed by atoms with E-state index >= 15 is 0 Å². The summed E-state index contributed by atoms with van der Waals surface area (Å²) in [6.07, 6.45) is 2.44. The molecule has 2 saturated carbocycles. The maximum atomic E-state index is 11.2. The van der Waals surface area contributed by atoms with Crippen LogP contribution in [-0.2, 0) is 9.53 Å². The van der Waals surface area contributed by atoms with Gasteiger partial charge in [0.25, 0.3) is 0 Å². The molecule has 3 heteroatoms. The molecule has 11 heavy (non-hydrogen) atoms. The number of hydrogen-bond acceptors (Lipinski definition) is 2. The molecule has 0 aromatic heterocycles. The maximum absolute atomic E-state index is 11.2. The first-order valence-corrected chi connectivity index (χ1v) is 5.03. The molecule has 0 spiro atoms. The second kappa shape index (κ2) is 1.82. The molecule has 2 nitrogen and oxygen atoms in total. The Hall–Kier alpha value is -0.0500. The highest BCUT2D eigenvalue weighted by atomic mass is 79.9. The Labute approximate surface area is 73.4 Å². The molecular formula is C8H9BrO2. The lowest BCUT2D eigenvalue weighted by atomic mass is 9.97. The van der Waals surface area contributed by atoms with Crippen LogP contribution in [-0.4, -0.2) is 16.9 Å². The minimum absolute atomic E-state index is 0.0678. The van der Waals surface area contributed by atoms with Crippen LogP contribution in [0, 0.1) is 17.8 Å². The van der Waals surface area contributed by atoms with E-state index in [1.807, 2.05) is 0 Å². The zero-order chi connectivity index (χ0) is 7.59. The van der Waals surface area contributed by atoms with Gasteiger partial charge in [0.05, 0.1) is 10.7 Å². The van der Waals surface area contributed by atoms with Crippen molar-refractivity contribution >= 4 is 21.9 Å². The van der Waals surface area contributed by atoms with E-state index in [2.05, 4.69) is 15.9 Å². The first-order chi connectivity index (χ1) is 5.27. The average Bonchev–Trinajstić information content (AvgIpc) is 2.64. The predicted octanol–water partition coefficient (Wildman–Crippen LogP) is 1.33. The van der Waals surface area contributed by atoms with Gasteiger partial charge in [0.15, 0.2) is 0 Å². The molecule has 5 atom stereocenters. The Morgan fingerprint density at radius 3 is 2.91 bits per heavy atom. The maximum Gasteiger partial charge on any atom is 0.309 e. The van der Waals surface area contributed by atoms with Crippen molar-refractivity contribution in [3.05, 3.63) is 0 Å². The smallest absolute Gasteiger partial charge is 0.309 e. The van der Waals surface area contributed by atoms with Crippen molar-refractivity contribution in [2.75, 3.05) is 0 Å². The minimum Gasteiger partial charge on any atom is -0.461 e. The van der Waals surface area contributed by atoms with Crippen molar-refractivity contribution in [3.8, 4) is 0 Å². The van der Waals surface area contributed by atoms with Crippen LogP contribution in [0.25, 0.3) is 0 Å². The predicted molar refractivity (Wildman–Crippen MR) is 42.3 cm³/mol. The number of rotatable bonds is 0. The van der Waals surface area contributed by atoms with Gasteiger partial charge in [-0.05, 0) is 24.7 Å². The molecule has 5 unspecified atom stereocenters. The summed E-state index contributed by atoms with van der Waals surface area (Å²) in [4.78, 5) is 11.6. The van der Waals surface area contributed by atoms with Crippen LogP contribution in [0.5, 0.6) is 0 Å². The van der Waals surface area contributed by atoms with Gasteiger partial charge in [-0.2, -0.15) is 0 Å². The summed E-state index contributed by atoms with van der Waals surface area (Å²) in [5, 5.41) is 0. The van der Waals surface area contributed by atoms with Crippen molar-refractivity contribution in [2.45, 2.75) is 23.8 Å². The number of alkyl halides is 1. The average molecular weight is 217 g/mol. The topological polar surface area (TPSA) is 26.3 Å². The Morgan fingerprint density at radius 1 is 1.36 bits per heavy atom. The second-order valence-electron chi connectivity index (χ2n) is 3.82. The summed E-state index contributed by atoms with van der Waals surface area (Å²) < 4.78 is 5.26. The largest absolute Gasteiger partial charge is 0.461 e. The highest BCUT2D eigenvalue weighted by Gasteiger charge is 2.63. The fraction of sp³-hybridized carbons (Fsp3) is 0.875. The highest BCUT2D eigenvalue weighted by Crippen LogP contribution is 2.60. The number of hydrogen-bond donors (Lipinski definition) is 0. The van der Waals surface area contributed by atoms with E-state index in [9.17, 15) is 4.79 Å². The Kier molecular flexibility index (Phi) is 1.07. The molecular weight excluding hydrogens is 208 g/mol. The molecule has 3 aliphatic rings. The van der Waals surface area contributed by atoms with Crippen molar-refractivity contribution < 1.29 is 9.53 Å². The van der Waals surface area contributed by atoms with Crippen molar-refractivity contribution in [1.29, 1.82) is 0 Å². The molecule has 2 aliphatic carbocycles. The van der Waals surface area contributed by atoms with Crippen LogP contribution in [0.1, 0.15) is 12.8 Å². The Bertz CT molecular complexity index is 228. The number of esters is 1. The molecule has 1 aliphatic heterocycles. The number of fused-ring (bicyclic) bond motifs is 2. The third kappa shape index (κ3) is 0.701. The van der Waals surface area contributed by atoms with E-state index < -0.39 is 0 Å². The highest BCUT2D eigenvalue weighted by molar-refractivity contribution is 9.09. The summed E-state index contributed by atoms with van der Waals surface area (Å²) in [6, 6.07) is 0. The molecule has 0 amide bonds. The van der Waals surface area contributed by atoms with Crippen LogP contribution in [0.4, 0.5) is 0 Å². The summed E-state index contributed by atoms with van der Waals surface area (Å²) in [5.41, 5.74) is 0. The van der Waals surface area contributed by atoms with E-state index in [1.54, 1.807) is 0 Å². The van der Waals surface area contributed by atoms with Crippen molar-refractivity contribution in [2.24, 2.45) is 17.8 Å². The van der Waals surface area contributed by atoms with Gasteiger partial charge in [-0.1, -0.05) is 15.9 Å². The van der Waals surface area contributed by atoms with Crippen molar-refractivity contribution in [1.82, 2.24) is 0 Å². The van der Waals surface area contributed by atoms with Gasteiger partial charge in [0.1, 0.15) is 6.10 Å². The fourth-order valence-corrected chi connectivity index (χ4v) is 3.37. The second-order valence-corrected chi connectivity index (χ2v) is 4.99. The molecule has 3 rings (SSSR count). The molecule has 0 radical (unpaired) electrons. The number of carbonyl (C=O) groups excluding carboxylic acids is 1. The van der Waals surface area contributed by atoms with Gasteiger partial charge >= 0.3 is 5.97 Å². The Balaban J connectivity index is 1.96. The van der Waals surface area contributed by atoms with Gasteiger partial charge in [0, 0.05) is 0 Å². The normalized spacial score (nSPS) is 58.6. The zero-order valence-corrected chi connectivity index (χ0v) is 7.58. The monoisotopic (exact) mass is 216 g/mol. The lowest BCUT2D eigenvalue weighted by molar-refractivity contribution is -0.154. The lowest BCUT2D eigenvalue weighted by Crippen LogP contribution is -2.32. The quantitative estimate of drug-likeness (QED) is 0.452. The van der Waals surface area contributed by atoms with Crippen LogP contribution < -0.4 is 0 Å². The zero-order valence-electron chi connectivity index (χ0n) is 6.00. The van der Waals surface area contributed by atoms with E-state index in [0.717, 1.165) is 12.8 Å². The van der Waals surface area contributed by atoms with Crippen LogP contribution >= 0.6 is 15.9 Å². The lowest BCUT2D eigenvalue weighted by Gasteiger charge is -2.27. The first-order valence-electron chi connectivity index (χ1n) is 4.12. The number of halogens is 1. The Morgan fingerprint density at radius 2 is 2.09 bits per heavy atom. The molecule has 0 N–H and O–H groups in total. The summed E-state index contributed by atoms with van der Waals surface area (Å²) >= 11 is 3.56. The molecule has 1 heterocycles. The van der Waals surface area contributed by atoms with Crippen LogP contribution in [0.15, 0.2) is 0 Å². The molecule has 1 saturated heterocycles. The number of ether oxygens (including phenoxy) is 1. The van der Waals surface area contributed by atoms with Gasteiger partial charge in [0.2, 0.25) is 0 Å². The minimum atomic E-state index is 0.0678. The first kappa shape index (κ1) is 6.46. The fourth-order valence-electron chi connectivity index (χ4n) is 2.61. The van der Waals surface area contributed by atoms with E-state index in [0.29, 0.717) is 16.7 Å². The van der Waals surface area contributed by atoms with Gasteiger partial charge in [-0.3, -0.25) is 4.79 Å². The molecule has 2 bridgehead atoms. The molecule has 0 aromatic carbocycles.